The third kappa shape index (κ3) is 3.65. The van der Waals surface area contributed by atoms with Gasteiger partial charge in [-0.15, -0.1) is 0 Å². The summed E-state index contributed by atoms with van der Waals surface area (Å²) in [5.74, 6) is 0.153. The Balaban J connectivity index is 2.47. The molecular weight excluding hydrogens is 292 g/mol. The van der Waals surface area contributed by atoms with Gasteiger partial charge in [-0.2, -0.15) is 0 Å². The van der Waals surface area contributed by atoms with Gasteiger partial charge < -0.3 is 14.9 Å². The van der Waals surface area contributed by atoms with Crippen LogP contribution in [0, 0.1) is 5.92 Å². The molecule has 2 N–H and O–H groups in total. The van der Waals surface area contributed by atoms with Gasteiger partial charge in [0, 0.05) is 0 Å². The van der Waals surface area contributed by atoms with E-state index in [1.54, 1.807) is 55.5 Å². The van der Waals surface area contributed by atoms with Crippen molar-refractivity contribution in [3.05, 3.63) is 59.7 Å². The number of rotatable bonds is 5. The third-order valence-electron chi connectivity index (χ3n) is 3.85. The van der Waals surface area contributed by atoms with Gasteiger partial charge in [0.2, 0.25) is 0 Å². The second kappa shape index (κ2) is 6.73. The highest BCUT2D eigenvalue weighted by Gasteiger charge is 2.39. The van der Waals surface area contributed by atoms with Crippen molar-refractivity contribution in [2.24, 2.45) is 5.92 Å². The topological polar surface area (TPSA) is 66.8 Å². The molecule has 0 aromatic heterocycles. The largest absolute Gasteiger partial charge is 0.508 e. The minimum absolute atomic E-state index is 0.136. The molecule has 0 radical (unpaired) electrons. The van der Waals surface area contributed by atoms with E-state index in [2.05, 4.69) is 0 Å². The highest BCUT2D eigenvalue weighted by Crippen LogP contribution is 2.35. The van der Waals surface area contributed by atoms with Gasteiger partial charge in [0.15, 0.2) is 0 Å². The Hall–Kier alpha value is -2.49. The molecule has 0 aliphatic carbocycles. The van der Waals surface area contributed by atoms with Crippen LogP contribution >= 0.6 is 0 Å². The molecular formula is C19H22O4. The molecule has 0 saturated heterocycles. The fraction of sp³-hybridized carbons (Fsp3) is 0.316. The normalized spacial score (nSPS) is 11.5. The Bertz CT molecular complexity index is 611. The highest BCUT2D eigenvalue weighted by atomic mass is 16.5. The highest BCUT2D eigenvalue weighted by molar-refractivity contribution is 5.87. The van der Waals surface area contributed by atoms with Crippen LogP contribution < -0.4 is 0 Å². The lowest BCUT2D eigenvalue weighted by molar-refractivity contribution is -0.149. The Morgan fingerprint density at radius 2 is 1.35 bits per heavy atom. The van der Waals surface area contributed by atoms with Crippen LogP contribution in [-0.2, 0) is 14.9 Å². The molecule has 2 aromatic rings. The lowest BCUT2D eigenvalue weighted by atomic mass is 9.76. The number of aromatic hydroxyl groups is 2. The minimum atomic E-state index is -1.02. The van der Waals surface area contributed by atoms with Crippen LogP contribution in [0.3, 0.4) is 0 Å². The number of benzene rings is 2. The molecule has 0 heterocycles. The lowest BCUT2D eigenvalue weighted by Crippen LogP contribution is -2.36. The number of hydrogen-bond acceptors (Lipinski definition) is 4. The number of phenolic OH excluding ortho intramolecular Hbond substituents is 2. The van der Waals surface area contributed by atoms with Crippen LogP contribution in [-0.4, -0.2) is 22.8 Å². The number of phenols is 2. The average molecular weight is 314 g/mol. The Morgan fingerprint density at radius 3 is 1.70 bits per heavy atom. The van der Waals surface area contributed by atoms with Gasteiger partial charge >= 0.3 is 5.97 Å². The smallest absolute Gasteiger partial charge is 0.320 e. The second-order valence-corrected chi connectivity index (χ2v) is 6.21. The number of esters is 1. The minimum Gasteiger partial charge on any atom is -0.508 e. The first-order valence-electron chi connectivity index (χ1n) is 7.60. The molecule has 2 aromatic carbocycles. The summed E-state index contributed by atoms with van der Waals surface area (Å²) in [6.45, 7) is 6.08. The van der Waals surface area contributed by atoms with Crippen molar-refractivity contribution >= 4 is 5.97 Å². The Labute approximate surface area is 136 Å². The summed E-state index contributed by atoms with van der Waals surface area (Å²) in [5.41, 5.74) is 0.417. The first kappa shape index (κ1) is 16.9. The van der Waals surface area contributed by atoms with Gasteiger partial charge in [-0.05, 0) is 48.2 Å². The van der Waals surface area contributed by atoms with E-state index in [0.29, 0.717) is 6.61 Å². The molecule has 0 bridgehead atoms. The zero-order valence-corrected chi connectivity index (χ0v) is 13.6. The maximum Gasteiger partial charge on any atom is 0.320 e. The Kier molecular flexibility index (Phi) is 4.94. The Morgan fingerprint density at radius 1 is 0.957 bits per heavy atom. The fourth-order valence-corrected chi connectivity index (χ4v) is 2.38. The maximum absolute atomic E-state index is 12.8. The van der Waals surface area contributed by atoms with Crippen LogP contribution in [0.4, 0.5) is 0 Å². The SMILES string of the molecule is CC(C)COC(=O)C(C)(c1ccc(O)cc1)c1ccc(O)cc1. The molecule has 0 unspecified atom stereocenters. The molecule has 0 fully saturated rings. The van der Waals surface area contributed by atoms with Crippen molar-refractivity contribution in [3.8, 4) is 11.5 Å². The summed E-state index contributed by atoms with van der Waals surface area (Å²) in [4.78, 5) is 12.8. The molecule has 4 heteroatoms. The lowest BCUT2D eigenvalue weighted by Gasteiger charge is -2.29. The summed E-state index contributed by atoms with van der Waals surface area (Å²) in [6.07, 6.45) is 0. The van der Waals surface area contributed by atoms with Gasteiger partial charge in [0.05, 0.1) is 6.61 Å². The maximum atomic E-state index is 12.8. The quantitative estimate of drug-likeness (QED) is 0.828. The summed E-state index contributed by atoms with van der Waals surface area (Å²) < 4.78 is 5.47. The van der Waals surface area contributed by atoms with Gasteiger partial charge in [-0.25, -0.2) is 0 Å². The molecule has 2 rings (SSSR count). The first-order valence-corrected chi connectivity index (χ1v) is 7.60. The predicted octanol–water partition coefficient (Wildman–Crippen LogP) is 3.60. The fourth-order valence-electron chi connectivity index (χ4n) is 2.38. The van der Waals surface area contributed by atoms with Crippen LogP contribution in [0.5, 0.6) is 11.5 Å². The van der Waals surface area contributed by atoms with E-state index in [9.17, 15) is 15.0 Å². The van der Waals surface area contributed by atoms with E-state index in [0.717, 1.165) is 11.1 Å². The number of hydrogen-bond donors (Lipinski definition) is 2. The van der Waals surface area contributed by atoms with E-state index in [1.807, 2.05) is 13.8 Å². The molecule has 0 atom stereocenters. The molecule has 0 aliphatic rings. The van der Waals surface area contributed by atoms with Crippen LogP contribution in [0.15, 0.2) is 48.5 Å². The average Bonchev–Trinajstić information content (AvgIpc) is 2.53. The molecule has 0 spiro atoms. The molecule has 23 heavy (non-hydrogen) atoms. The van der Waals surface area contributed by atoms with E-state index in [-0.39, 0.29) is 23.4 Å². The number of carbonyl (C=O) groups excluding carboxylic acids is 1. The zero-order valence-electron chi connectivity index (χ0n) is 13.6. The summed E-state index contributed by atoms with van der Waals surface area (Å²) in [6, 6.07) is 13.0. The van der Waals surface area contributed by atoms with E-state index in [1.165, 1.54) is 0 Å². The molecule has 0 saturated carbocycles. The van der Waals surface area contributed by atoms with Crippen molar-refractivity contribution in [1.29, 1.82) is 0 Å². The van der Waals surface area contributed by atoms with E-state index < -0.39 is 5.41 Å². The predicted molar refractivity (Wildman–Crippen MR) is 88.5 cm³/mol. The zero-order chi connectivity index (χ0) is 17.0. The first-order chi connectivity index (χ1) is 10.8. The van der Waals surface area contributed by atoms with Crippen molar-refractivity contribution in [2.75, 3.05) is 6.61 Å². The van der Waals surface area contributed by atoms with E-state index >= 15 is 0 Å². The summed E-state index contributed by atoms with van der Waals surface area (Å²) in [7, 11) is 0. The van der Waals surface area contributed by atoms with Crippen molar-refractivity contribution < 1.29 is 19.7 Å². The van der Waals surface area contributed by atoms with Gasteiger partial charge in [-0.3, -0.25) is 4.79 Å². The summed E-state index contributed by atoms with van der Waals surface area (Å²) >= 11 is 0. The summed E-state index contributed by atoms with van der Waals surface area (Å²) in [5, 5.41) is 19.0. The molecule has 4 nitrogen and oxygen atoms in total. The third-order valence-corrected chi connectivity index (χ3v) is 3.85. The van der Waals surface area contributed by atoms with Crippen molar-refractivity contribution in [1.82, 2.24) is 0 Å². The number of carbonyl (C=O) groups is 1. The van der Waals surface area contributed by atoms with Crippen LogP contribution in [0.2, 0.25) is 0 Å². The standard InChI is InChI=1S/C19H22O4/c1-13(2)12-23-18(22)19(3,14-4-8-16(20)9-5-14)15-6-10-17(21)11-7-15/h4-11,13,20-21H,12H2,1-3H3. The number of ether oxygens (including phenoxy) is 1. The van der Waals surface area contributed by atoms with Gasteiger partial charge in [-0.1, -0.05) is 38.1 Å². The second-order valence-electron chi connectivity index (χ2n) is 6.21. The van der Waals surface area contributed by atoms with Gasteiger partial charge in [0.25, 0.3) is 0 Å². The van der Waals surface area contributed by atoms with Crippen LogP contribution in [0.25, 0.3) is 0 Å². The molecule has 0 amide bonds. The van der Waals surface area contributed by atoms with E-state index in [4.69, 9.17) is 4.74 Å². The monoisotopic (exact) mass is 314 g/mol. The van der Waals surface area contributed by atoms with Crippen molar-refractivity contribution in [3.63, 3.8) is 0 Å². The molecule has 122 valence electrons. The van der Waals surface area contributed by atoms with Crippen molar-refractivity contribution in [2.45, 2.75) is 26.2 Å². The molecule has 0 aliphatic heterocycles. The van der Waals surface area contributed by atoms with Gasteiger partial charge in [0.1, 0.15) is 16.9 Å². The van der Waals surface area contributed by atoms with Crippen LogP contribution in [0.1, 0.15) is 31.9 Å².